The highest BCUT2D eigenvalue weighted by Gasteiger charge is 2.37. The third-order valence-electron chi connectivity index (χ3n) is 8.95. The van der Waals surface area contributed by atoms with Crippen molar-refractivity contribution < 1.29 is 13.6 Å². The van der Waals surface area contributed by atoms with Gasteiger partial charge in [0.2, 0.25) is 5.91 Å². The van der Waals surface area contributed by atoms with Gasteiger partial charge in [-0.25, -0.2) is 13.8 Å². The van der Waals surface area contributed by atoms with E-state index >= 15 is 0 Å². The number of allylic oxidation sites excluding steroid dienone is 2. The lowest BCUT2D eigenvalue weighted by Gasteiger charge is -2.45. The molecule has 4 heterocycles. The number of carbonyl (C=O) groups excluding carboxylic acids is 1. The summed E-state index contributed by atoms with van der Waals surface area (Å²) in [5.41, 5.74) is 5.87. The van der Waals surface area contributed by atoms with Crippen LogP contribution in [0, 0.1) is 28.9 Å². The standard InChI is InChI=1S/C34H34Cl3F2N7O2/c1-8-22(47)45-17(5)13-44(14-18(45)6)32-19-11-21(35)29(23-24(36)25(37)26(38)27(39)28(23)41)42-33(19)46(34(48)20(32)12-40)31-16(4)9-10-43(7)30(31)15(2)3/h8-11,15,17-18,30H,1,13-14,41H2,2-7H3/t17-,18+,30?. The van der Waals surface area contributed by atoms with Crippen LogP contribution in [-0.2, 0) is 4.79 Å². The van der Waals surface area contributed by atoms with Crippen molar-refractivity contribution in [2.75, 3.05) is 30.8 Å². The average Bonchev–Trinajstić information content (AvgIpc) is 3.03. The molecular formula is C34H34Cl3F2N7O2. The molecule has 0 saturated carbocycles. The molecule has 3 aromatic rings. The third kappa shape index (κ3) is 5.50. The number of piperazine rings is 1. The van der Waals surface area contributed by atoms with Crippen molar-refractivity contribution >= 4 is 68.8 Å². The van der Waals surface area contributed by atoms with Gasteiger partial charge in [-0.15, -0.1) is 0 Å². The van der Waals surface area contributed by atoms with Crippen LogP contribution >= 0.6 is 34.8 Å². The number of benzene rings is 1. The van der Waals surface area contributed by atoms with Crippen LogP contribution in [0.25, 0.3) is 28.0 Å². The number of nitrogen functional groups attached to an aromatic ring is 1. The summed E-state index contributed by atoms with van der Waals surface area (Å²) in [6.45, 7) is 13.8. The first-order valence-electron chi connectivity index (χ1n) is 15.2. The first kappa shape index (κ1) is 35.2. The van der Waals surface area contributed by atoms with Crippen LogP contribution in [0.2, 0.25) is 15.1 Å². The van der Waals surface area contributed by atoms with Gasteiger partial charge in [-0.1, -0.05) is 55.2 Å². The SMILES string of the molecule is C=CC(=O)N1[C@H](C)CN(c2c(C#N)c(=O)n(C3=C(C)C=CN(C)C3C(C)C)c3nc(-c4c(N)c(F)c(F)c(Cl)c4Cl)c(Cl)cc23)C[C@@H]1C. The minimum absolute atomic E-state index is 0.00361. The van der Waals surface area contributed by atoms with Crippen molar-refractivity contribution in [1.29, 1.82) is 5.26 Å². The van der Waals surface area contributed by atoms with Gasteiger partial charge in [0.25, 0.3) is 5.56 Å². The number of carbonyl (C=O) groups is 1. The number of amides is 1. The lowest BCUT2D eigenvalue weighted by Crippen LogP contribution is -2.58. The van der Waals surface area contributed by atoms with E-state index in [9.17, 15) is 23.6 Å². The predicted octanol–water partition coefficient (Wildman–Crippen LogP) is 7.08. The molecule has 48 heavy (non-hydrogen) atoms. The maximum Gasteiger partial charge on any atom is 0.276 e. The first-order valence-corrected chi connectivity index (χ1v) is 16.3. The molecule has 0 radical (unpaired) electrons. The zero-order valence-corrected chi connectivity index (χ0v) is 29.5. The van der Waals surface area contributed by atoms with Crippen molar-refractivity contribution in [3.8, 4) is 17.3 Å². The van der Waals surface area contributed by atoms with Crippen molar-refractivity contribution in [1.82, 2.24) is 19.4 Å². The van der Waals surface area contributed by atoms with Crippen molar-refractivity contribution in [2.45, 2.75) is 52.7 Å². The molecule has 5 rings (SSSR count). The van der Waals surface area contributed by atoms with Crippen LogP contribution in [0.3, 0.4) is 0 Å². The minimum atomic E-state index is -1.43. The van der Waals surface area contributed by atoms with Gasteiger partial charge >= 0.3 is 0 Å². The van der Waals surface area contributed by atoms with Crippen molar-refractivity contribution in [3.63, 3.8) is 0 Å². The van der Waals surface area contributed by atoms with E-state index in [4.69, 9.17) is 45.5 Å². The second-order valence-corrected chi connectivity index (χ2v) is 13.7. The Labute approximate surface area is 292 Å². The fraction of sp³-hybridized carbons (Fsp3) is 0.353. The fourth-order valence-corrected chi connectivity index (χ4v) is 7.65. The number of fused-ring (bicyclic) bond motifs is 1. The van der Waals surface area contributed by atoms with Crippen LogP contribution in [-0.4, -0.2) is 63.5 Å². The van der Waals surface area contributed by atoms with E-state index in [2.05, 4.69) is 12.6 Å². The normalized spacial score (nSPS) is 19.8. The number of anilines is 2. The number of nitriles is 1. The van der Waals surface area contributed by atoms with Crippen LogP contribution in [0.4, 0.5) is 20.2 Å². The van der Waals surface area contributed by atoms with Crippen LogP contribution in [0.5, 0.6) is 0 Å². The topological polar surface area (TPSA) is 111 Å². The highest BCUT2D eigenvalue weighted by molar-refractivity contribution is 6.45. The van der Waals surface area contributed by atoms with Gasteiger partial charge in [0.05, 0.1) is 43.9 Å². The van der Waals surface area contributed by atoms with Gasteiger partial charge in [-0.3, -0.25) is 14.2 Å². The van der Waals surface area contributed by atoms with E-state index in [0.29, 0.717) is 11.1 Å². The number of nitrogens with zero attached hydrogens (tertiary/aromatic N) is 6. The quantitative estimate of drug-likeness (QED) is 0.130. The predicted molar refractivity (Wildman–Crippen MR) is 188 cm³/mol. The Morgan fingerprint density at radius 3 is 2.35 bits per heavy atom. The van der Waals surface area contributed by atoms with Gasteiger partial charge in [-0.2, -0.15) is 5.26 Å². The molecule has 1 unspecified atom stereocenters. The molecular weight excluding hydrogens is 683 g/mol. The summed E-state index contributed by atoms with van der Waals surface area (Å²) in [7, 11) is 1.88. The Balaban J connectivity index is 1.94. The summed E-state index contributed by atoms with van der Waals surface area (Å²) in [5, 5.41) is 9.74. The van der Waals surface area contributed by atoms with E-state index in [0.717, 1.165) is 5.57 Å². The maximum absolute atomic E-state index is 15.0. The molecule has 0 aliphatic carbocycles. The van der Waals surface area contributed by atoms with E-state index in [1.165, 1.54) is 16.7 Å². The lowest BCUT2D eigenvalue weighted by atomic mass is 9.93. The molecule has 252 valence electrons. The molecule has 9 nitrogen and oxygen atoms in total. The number of hydrogen-bond acceptors (Lipinski definition) is 7. The zero-order chi connectivity index (χ0) is 35.5. The number of likely N-dealkylation sites (N-methyl/N-ethyl adjacent to an activating group) is 1. The molecule has 1 fully saturated rings. The summed E-state index contributed by atoms with van der Waals surface area (Å²) in [6, 6.07) is 2.68. The minimum Gasteiger partial charge on any atom is -0.396 e. The van der Waals surface area contributed by atoms with E-state index < -0.39 is 32.9 Å². The second-order valence-electron chi connectivity index (χ2n) is 12.5. The fourth-order valence-electron chi connectivity index (χ4n) is 6.95. The lowest BCUT2D eigenvalue weighted by molar-refractivity contribution is -0.130. The molecule has 14 heteroatoms. The van der Waals surface area contributed by atoms with Gasteiger partial charge in [0.1, 0.15) is 17.3 Å². The highest BCUT2D eigenvalue weighted by atomic mass is 35.5. The zero-order valence-electron chi connectivity index (χ0n) is 27.2. The van der Waals surface area contributed by atoms with E-state index in [1.807, 2.05) is 63.7 Å². The van der Waals surface area contributed by atoms with E-state index in [1.54, 1.807) is 4.90 Å². The Bertz CT molecular complexity index is 2010. The average molecular weight is 717 g/mol. The van der Waals surface area contributed by atoms with Crippen LogP contribution < -0.4 is 16.2 Å². The Morgan fingerprint density at radius 1 is 1.17 bits per heavy atom. The number of aromatic nitrogens is 2. The molecule has 3 atom stereocenters. The summed E-state index contributed by atoms with van der Waals surface area (Å²) in [5.74, 6) is -3.09. The molecule has 1 saturated heterocycles. The smallest absolute Gasteiger partial charge is 0.276 e. The summed E-state index contributed by atoms with van der Waals surface area (Å²) in [4.78, 5) is 37.7. The van der Waals surface area contributed by atoms with Gasteiger partial charge in [0, 0.05) is 43.2 Å². The van der Waals surface area contributed by atoms with Crippen LogP contribution in [0.1, 0.15) is 40.2 Å². The highest BCUT2D eigenvalue weighted by Crippen LogP contribution is 2.45. The van der Waals surface area contributed by atoms with Crippen molar-refractivity contribution in [3.05, 3.63) is 79.2 Å². The Hall–Kier alpha value is -4.11. The monoisotopic (exact) mass is 715 g/mol. The van der Waals surface area contributed by atoms with Gasteiger partial charge in [-0.05, 0) is 56.7 Å². The van der Waals surface area contributed by atoms with Gasteiger partial charge in [0.15, 0.2) is 11.6 Å². The van der Waals surface area contributed by atoms with Crippen molar-refractivity contribution in [2.24, 2.45) is 5.92 Å². The van der Waals surface area contributed by atoms with Gasteiger partial charge < -0.3 is 20.4 Å². The second kappa shape index (κ2) is 13.1. The summed E-state index contributed by atoms with van der Waals surface area (Å²) < 4.78 is 30.9. The number of pyridine rings is 2. The molecule has 2 aliphatic heterocycles. The number of rotatable bonds is 5. The molecule has 2 N–H and O–H groups in total. The molecule has 0 spiro atoms. The molecule has 2 aliphatic rings. The number of hydrogen-bond donors (Lipinski definition) is 1. The van der Waals surface area contributed by atoms with Crippen LogP contribution in [0.15, 0.2) is 41.4 Å². The summed E-state index contributed by atoms with van der Waals surface area (Å²) >= 11 is 19.4. The largest absolute Gasteiger partial charge is 0.396 e. The number of nitrogens with two attached hydrogens (primary N) is 1. The molecule has 1 aromatic carbocycles. The molecule has 1 amide bonds. The molecule has 2 aromatic heterocycles. The van der Waals surface area contributed by atoms with E-state index in [-0.39, 0.29) is 76.2 Å². The number of halogens is 5. The summed E-state index contributed by atoms with van der Waals surface area (Å²) in [6.07, 6.45) is 5.01. The maximum atomic E-state index is 15.0. The first-order chi connectivity index (χ1) is 22.6. The third-order valence-corrected chi connectivity index (χ3v) is 10.1. The Morgan fingerprint density at radius 2 is 1.79 bits per heavy atom. The Kier molecular flexibility index (Phi) is 9.58. The molecule has 0 bridgehead atoms.